The smallest absolute Gasteiger partial charge is 0.226 e. The first kappa shape index (κ1) is 18.8. The molecule has 3 aromatic rings. The van der Waals surface area contributed by atoms with Gasteiger partial charge in [0.05, 0.1) is 31.5 Å². The van der Waals surface area contributed by atoms with Crippen LogP contribution in [0.4, 0.5) is 0 Å². The monoisotopic (exact) mass is 383 g/mol. The number of rotatable bonds is 8. The van der Waals surface area contributed by atoms with Crippen molar-refractivity contribution >= 4 is 17.2 Å². The Labute approximate surface area is 162 Å². The maximum atomic E-state index is 12.2. The average Bonchev–Trinajstić information content (AvgIpc) is 3.16. The second kappa shape index (κ2) is 9.14. The number of benzene rings is 1. The second-order valence-electron chi connectivity index (χ2n) is 5.73. The predicted octanol–water partition coefficient (Wildman–Crippen LogP) is 3.47. The Morgan fingerprint density at radius 1 is 1.22 bits per heavy atom. The van der Waals surface area contributed by atoms with E-state index in [9.17, 15) is 4.79 Å². The van der Waals surface area contributed by atoms with Crippen LogP contribution in [0.3, 0.4) is 0 Å². The summed E-state index contributed by atoms with van der Waals surface area (Å²) < 4.78 is 10.8. The lowest BCUT2D eigenvalue weighted by atomic mass is 10.2. The molecule has 0 spiro atoms. The number of methoxy groups -OCH3 is 1. The standard InChI is InChI=1S/C20H21N3O3S/c1-3-26-17-8-7-14(10-18(17)25-2)12-22-19(24)11-15-13-27-20(23-15)16-6-4-5-9-21-16/h4-10,13H,3,11-12H2,1-2H3,(H,22,24). The molecule has 7 heteroatoms. The fourth-order valence-electron chi connectivity index (χ4n) is 2.52. The Morgan fingerprint density at radius 2 is 2.11 bits per heavy atom. The van der Waals surface area contributed by atoms with Crippen molar-refractivity contribution in [1.29, 1.82) is 0 Å². The summed E-state index contributed by atoms with van der Waals surface area (Å²) in [6.07, 6.45) is 1.96. The van der Waals surface area contributed by atoms with Crippen molar-refractivity contribution < 1.29 is 14.3 Å². The number of carbonyl (C=O) groups is 1. The maximum Gasteiger partial charge on any atom is 0.226 e. The van der Waals surface area contributed by atoms with Gasteiger partial charge < -0.3 is 14.8 Å². The average molecular weight is 383 g/mol. The highest BCUT2D eigenvalue weighted by molar-refractivity contribution is 7.13. The summed E-state index contributed by atoms with van der Waals surface area (Å²) in [4.78, 5) is 21.0. The van der Waals surface area contributed by atoms with Crippen LogP contribution in [0.2, 0.25) is 0 Å². The normalized spacial score (nSPS) is 10.4. The van der Waals surface area contributed by atoms with Crippen LogP contribution in [-0.4, -0.2) is 29.6 Å². The number of ether oxygens (including phenoxy) is 2. The van der Waals surface area contributed by atoms with Crippen LogP contribution < -0.4 is 14.8 Å². The Balaban J connectivity index is 1.56. The molecule has 27 heavy (non-hydrogen) atoms. The number of hydrogen-bond donors (Lipinski definition) is 1. The lowest BCUT2D eigenvalue weighted by Crippen LogP contribution is -2.24. The molecule has 6 nitrogen and oxygen atoms in total. The van der Waals surface area contributed by atoms with E-state index in [4.69, 9.17) is 9.47 Å². The third kappa shape index (κ3) is 5.04. The van der Waals surface area contributed by atoms with Gasteiger partial charge in [0.25, 0.3) is 0 Å². The minimum Gasteiger partial charge on any atom is -0.493 e. The van der Waals surface area contributed by atoms with E-state index < -0.39 is 0 Å². The summed E-state index contributed by atoms with van der Waals surface area (Å²) in [5, 5.41) is 5.62. The molecule has 0 atom stereocenters. The van der Waals surface area contributed by atoms with Crippen LogP contribution in [0.1, 0.15) is 18.2 Å². The lowest BCUT2D eigenvalue weighted by Gasteiger charge is -2.11. The summed E-state index contributed by atoms with van der Waals surface area (Å²) >= 11 is 1.49. The van der Waals surface area contributed by atoms with E-state index in [0.717, 1.165) is 22.0 Å². The van der Waals surface area contributed by atoms with Gasteiger partial charge >= 0.3 is 0 Å². The minimum atomic E-state index is -0.0827. The molecule has 0 unspecified atom stereocenters. The van der Waals surface area contributed by atoms with Crippen molar-refractivity contribution in [3.05, 3.63) is 59.2 Å². The van der Waals surface area contributed by atoms with Crippen molar-refractivity contribution in [2.75, 3.05) is 13.7 Å². The quantitative estimate of drug-likeness (QED) is 0.645. The lowest BCUT2D eigenvalue weighted by molar-refractivity contribution is -0.120. The largest absolute Gasteiger partial charge is 0.493 e. The Morgan fingerprint density at radius 3 is 2.85 bits per heavy atom. The van der Waals surface area contributed by atoms with Gasteiger partial charge in [0, 0.05) is 18.1 Å². The number of pyridine rings is 1. The molecule has 0 aliphatic carbocycles. The highest BCUT2D eigenvalue weighted by atomic mass is 32.1. The molecule has 1 N–H and O–H groups in total. The van der Waals surface area contributed by atoms with Gasteiger partial charge in [-0.05, 0) is 36.8 Å². The van der Waals surface area contributed by atoms with Crippen LogP contribution >= 0.6 is 11.3 Å². The summed E-state index contributed by atoms with van der Waals surface area (Å²) in [5.41, 5.74) is 2.49. The van der Waals surface area contributed by atoms with Gasteiger partial charge in [-0.2, -0.15) is 0 Å². The van der Waals surface area contributed by atoms with Crippen LogP contribution in [0.15, 0.2) is 48.0 Å². The maximum absolute atomic E-state index is 12.2. The topological polar surface area (TPSA) is 73.3 Å². The van der Waals surface area contributed by atoms with Gasteiger partial charge in [0.15, 0.2) is 11.5 Å². The van der Waals surface area contributed by atoms with Gasteiger partial charge in [-0.1, -0.05) is 12.1 Å². The molecule has 0 aliphatic heterocycles. The number of hydrogen-bond acceptors (Lipinski definition) is 6. The number of carbonyl (C=O) groups excluding carboxylic acids is 1. The first-order chi connectivity index (χ1) is 13.2. The predicted molar refractivity (Wildman–Crippen MR) is 105 cm³/mol. The minimum absolute atomic E-state index is 0.0827. The molecule has 1 amide bonds. The molecule has 1 aromatic carbocycles. The van der Waals surface area contributed by atoms with Crippen LogP contribution in [0.5, 0.6) is 11.5 Å². The van der Waals surface area contributed by atoms with Crippen molar-refractivity contribution in [3.8, 4) is 22.2 Å². The molecule has 2 heterocycles. The first-order valence-electron chi connectivity index (χ1n) is 8.61. The van der Waals surface area contributed by atoms with Gasteiger partial charge in [-0.3, -0.25) is 9.78 Å². The van der Waals surface area contributed by atoms with E-state index in [1.165, 1.54) is 11.3 Å². The fraction of sp³-hybridized carbons (Fsp3) is 0.250. The number of aromatic nitrogens is 2. The van der Waals surface area contributed by atoms with Crippen LogP contribution in [-0.2, 0) is 17.8 Å². The molecule has 0 bridgehead atoms. The first-order valence-corrected chi connectivity index (χ1v) is 9.49. The molecular formula is C20H21N3O3S. The van der Waals surface area contributed by atoms with E-state index in [1.807, 2.05) is 48.7 Å². The molecule has 0 fully saturated rings. The van der Waals surface area contributed by atoms with Crippen LogP contribution in [0.25, 0.3) is 10.7 Å². The molecule has 0 radical (unpaired) electrons. The van der Waals surface area contributed by atoms with Crippen LogP contribution in [0, 0.1) is 0 Å². The Bertz CT molecular complexity index is 896. The van der Waals surface area contributed by atoms with E-state index in [2.05, 4.69) is 15.3 Å². The zero-order chi connectivity index (χ0) is 19.1. The van der Waals surface area contributed by atoms with Gasteiger partial charge in [-0.25, -0.2) is 4.98 Å². The third-order valence-corrected chi connectivity index (χ3v) is 4.71. The van der Waals surface area contributed by atoms with Gasteiger partial charge in [-0.15, -0.1) is 11.3 Å². The summed E-state index contributed by atoms with van der Waals surface area (Å²) in [5.74, 6) is 1.27. The molecule has 3 rings (SSSR count). The van der Waals surface area contributed by atoms with Crippen molar-refractivity contribution in [3.63, 3.8) is 0 Å². The molecule has 0 saturated carbocycles. The van der Waals surface area contributed by atoms with Gasteiger partial charge in [0.2, 0.25) is 5.91 Å². The summed E-state index contributed by atoms with van der Waals surface area (Å²) in [7, 11) is 1.60. The number of thiazole rings is 1. The van der Waals surface area contributed by atoms with E-state index in [-0.39, 0.29) is 12.3 Å². The molecule has 140 valence electrons. The highest BCUT2D eigenvalue weighted by Crippen LogP contribution is 2.28. The Hall–Kier alpha value is -2.93. The molecule has 0 aliphatic rings. The summed E-state index contributed by atoms with van der Waals surface area (Å²) in [6.45, 7) is 2.91. The van der Waals surface area contributed by atoms with Crippen molar-refractivity contribution in [2.45, 2.75) is 19.9 Å². The molecule has 2 aromatic heterocycles. The zero-order valence-electron chi connectivity index (χ0n) is 15.3. The number of nitrogens with zero attached hydrogens (tertiary/aromatic N) is 2. The van der Waals surface area contributed by atoms with Gasteiger partial charge in [0.1, 0.15) is 5.01 Å². The number of nitrogens with one attached hydrogen (secondary N) is 1. The van der Waals surface area contributed by atoms with E-state index in [1.54, 1.807) is 13.3 Å². The molecule has 0 saturated heterocycles. The van der Waals surface area contributed by atoms with E-state index >= 15 is 0 Å². The summed E-state index contributed by atoms with van der Waals surface area (Å²) in [6, 6.07) is 11.3. The van der Waals surface area contributed by atoms with Crippen molar-refractivity contribution in [1.82, 2.24) is 15.3 Å². The zero-order valence-corrected chi connectivity index (χ0v) is 16.1. The van der Waals surface area contributed by atoms with Crippen molar-refractivity contribution in [2.24, 2.45) is 0 Å². The fourth-order valence-corrected chi connectivity index (χ4v) is 3.31. The highest BCUT2D eigenvalue weighted by Gasteiger charge is 2.10. The van der Waals surface area contributed by atoms with E-state index in [0.29, 0.717) is 24.7 Å². The Kier molecular flexibility index (Phi) is 6.38. The molecular weight excluding hydrogens is 362 g/mol. The second-order valence-corrected chi connectivity index (χ2v) is 6.59. The third-order valence-electron chi connectivity index (χ3n) is 3.79. The SMILES string of the molecule is CCOc1ccc(CNC(=O)Cc2csc(-c3ccccn3)n2)cc1OC. The number of amides is 1.